The van der Waals surface area contributed by atoms with Crippen molar-refractivity contribution in [3.05, 3.63) is 90.6 Å². The first-order valence-corrected chi connectivity index (χ1v) is 10.7. The minimum atomic E-state index is -0.699. The van der Waals surface area contributed by atoms with E-state index in [9.17, 15) is 14.4 Å². The van der Waals surface area contributed by atoms with Crippen LogP contribution >= 0.6 is 0 Å². The van der Waals surface area contributed by atoms with E-state index in [2.05, 4.69) is 15.6 Å². The molecule has 0 aliphatic carbocycles. The van der Waals surface area contributed by atoms with Crippen molar-refractivity contribution in [3.8, 4) is 11.1 Å². The number of rotatable bonds is 6. The molecular formula is C26H22N4O3. The molecule has 1 saturated heterocycles. The highest BCUT2D eigenvalue weighted by molar-refractivity contribution is 6.08. The first-order valence-electron chi connectivity index (χ1n) is 10.7. The van der Waals surface area contributed by atoms with Crippen molar-refractivity contribution in [2.75, 3.05) is 11.9 Å². The average Bonchev–Trinajstić information content (AvgIpc) is 3.36. The van der Waals surface area contributed by atoms with Crippen molar-refractivity contribution in [2.45, 2.75) is 12.5 Å². The predicted octanol–water partition coefficient (Wildman–Crippen LogP) is 3.94. The second kappa shape index (κ2) is 8.63. The summed E-state index contributed by atoms with van der Waals surface area (Å²) in [4.78, 5) is 41.9. The number of carbonyl (C=O) groups is 3. The molecule has 1 aromatic heterocycles. The zero-order valence-corrected chi connectivity index (χ0v) is 17.7. The van der Waals surface area contributed by atoms with E-state index < -0.39 is 23.9 Å². The molecule has 1 aliphatic heterocycles. The van der Waals surface area contributed by atoms with E-state index in [4.69, 9.17) is 0 Å². The smallest absolute Gasteiger partial charge is 0.325 e. The van der Waals surface area contributed by atoms with Gasteiger partial charge >= 0.3 is 6.03 Å². The number of anilines is 1. The number of nitrogens with zero attached hydrogens (tertiary/aromatic N) is 1. The standard InChI is InChI=1S/C26H22N4O3/c31-24(28-20-12-10-18(11-13-20)17-6-2-1-3-7-17)16-30-25(32)23(29-26(30)33)14-19-15-27-22-9-5-4-8-21(19)22/h1-13,15,23,27H,14,16H2,(H,28,31)(H,29,33)/t23-/m1/s1. The van der Waals surface area contributed by atoms with E-state index in [0.29, 0.717) is 12.1 Å². The first-order chi connectivity index (χ1) is 16.1. The monoisotopic (exact) mass is 438 g/mol. The molecule has 1 fully saturated rings. The van der Waals surface area contributed by atoms with Crippen molar-refractivity contribution in [3.63, 3.8) is 0 Å². The molecule has 33 heavy (non-hydrogen) atoms. The van der Waals surface area contributed by atoms with Gasteiger partial charge in [0.1, 0.15) is 12.6 Å². The zero-order chi connectivity index (χ0) is 22.8. The van der Waals surface area contributed by atoms with Crippen LogP contribution in [0.25, 0.3) is 22.0 Å². The predicted molar refractivity (Wildman–Crippen MR) is 127 cm³/mol. The van der Waals surface area contributed by atoms with Gasteiger partial charge in [-0.3, -0.25) is 14.5 Å². The lowest BCUT2D eigenvalue weighted by Crippen LogP contribution is -2.38. The van der Waals surface area contributed by atoms with Crippen LogP contribution in [0.4, 0.5) is 10.5 Å². The third-order valence-electron chi connectivity index (χ3n) is 5.78. The molecule has 0 unspecified atom stereocenters. The van der Waals surface area contributed by atoms with Crippen LogP contribution in [0, 0.1) is 0 Å². The third-order valence-corrected chi connectivity index (χ3v) is 5.78. The molecule has 0 saturated carbocycles. The van der Waals surface area contributed by atoms with E-state index in [0.717, 1.165) is 32.5 Å². The summed E-state index contributed by atoms with van der Waals surface area (Å²) < 4.78 is 0. The average molecular weight is 438 g/mol. The summed E-state index contributed by atoms with van der Waals surface area (Å²) >= 11 is 0. The number of fused-ring (bicyclic) bond motifs is 1. The van der Waals surface area contributed by atoms with Crippen LogP contribution in [0.1, 0.15) is 5.56 Å². The Morgan fingerprint density at radius 3 is 2.36 bits per heavy atom. The Balaban J connectivity index is 1.21. The van der Waals surface area contributed by atoms with Gasteiger partial charge in [-0.25, -0.2) is 4.79 Å². The number of carbonyl (C=O) groups excluding carboxylic acids is 3. The number of aromatic nitrogens is 1. The number of para-hydroxylation sites is 1. The summed E-state index contributed by atoms with van der Waals surface area (Å²) in [6.07, 6.45) is 2.20. The number of hydrogen-bond donors (Lipinski definition) is 3. The van der Waals surface area contributed by atoms with Crippen molar-refractivity contribution in [1.29, 1.82) is 0 Å². The molecule has 164 valence electrons. The molecule has 7 nitrogen and oxygen atoms in total. The lowest BCUT2D eigenvalue weighted by molar-refractivity contribution is -0.130. The molecule has 2 heterocycles. The highest BCUT2D eigenvalue weighted by atomic mass is 16.2. The Bertz CT molecular complexity index is 1330. The Morgan fingerprint density at radius 2 is 1.58 bits per heavy atom. The molecule has 4 amide bonds. The summed E-state index contributed by atoms with van der Waals surface area (Å²) in [6, 6.07) is 23.9. The van der Waals surface area contributed by atoms with E-state index >= 15 is 0 Å². The number of urea groups is 1. The summed E-state index contributed by atoms with van der Waals surface area (Å²) in [6.45, 7) is -0.338. The zero-order valence-electron chi connectivity index (χ0n) is 17.7. The minimum absolute atomic E-state index is 0.338. The number of benzene rings is 3. The van der Waals surface area contributed by atoms with Crippen LogP contribution < -0.4 is 10.6 Å². The van der Waals surface area contributed by atoms with Gasteiger partial charge in [0.25, 0.3) is 5.91 Å². The van der Waals surface area contributed by atoms with Gasteiger partial charge in [-0.05, 0) is 34.9 Å². The Labute approximate surface area is 190 Å². The van der Waals surface area contributed by atoms with E-state index in [1.54, 1.807) is 12.1 Å². The fraction of sp³-hybridized carbons (Fsp3) is 0.115. The fourth-order valence-corrected chi connectivity index (χ4v) is 4.11. The Morgan fingerprint density at radius 1 is 0.879 bits per heavy atom. The fourth-order valence-electron chi connectivity index (χ4n) is 4.11. The van der Waals surface area contributed by atoms with E-state index in [1.807, 2.05) is 72.9 Å². The number of amides is 4. The molecule has 0 bridgehead atoms. The molecule has 0 spiro atoms. The van der Waals surface area contributed by atoms with Crippen LogP contribution in [0.15, 0.2) is 85.1 Å². The lowest BCUT2D eigenvalue weighted by atomic mass is 10.1. The van der Waals surface area contributed by atoms with Gasteiger partial charge in [-0.1, -0.05) is 60.7 Å². The molecule has 0 radical (unpaired) electrons. The van der Waals surface area contributed by atoms with Crippen LogP contribution in [0.5, 0.6) is 0 Å². The Kier molecular flexibility index (Phi) is 5.36. The number of imide groups is 1. The van der Waals surface area contributed by atoms with E-state index in [1.165, 1.54) is 0 Å². The second-order valence-corrected chi connectivity index (χ2v) is 7.98. The first kappa shape index (κ1) is 20.5. The molecule has 1 aliphatic rings. The van der Waals surface area contributed by atoms with Gasteiger partial charge in [-0.15, -0.1) is 0 Å². The van der Waals surface area contributed by atoms with Gasteiger partial charge in [0.05, 0.1) is 0 Å². The summed E-state index contributed by atoms with van der Waals surface area (Å²) in [5.41, 5.74) is 4.62. The van der Waals surface area contributed by atoms with Crippen LogP contribution in [-0.2, 0) is 16.0 Å². The maximum absolute atomic E-state index is 12.8. The van der Waals surface area contributed by atoms with Gasteiger partial charge in [0, 0.05) is 29.2 Å². The molecular weight excluding hydrogens is 416 g/mol. The molecule has 4 aromatic rings. The molecule has 3 N–H and O–H groups in total. The van der Waals surface area contributed by atoms with Gasteiger partial charge in [-0.2, -0.15) is 0 Å². The molecule has 1 atom stereocenters. The third kappa shape index (κ3) is 4.21. The topological polar surface area (TPSA) is 94.3 Å². The highest BCUT2D eigenvalue weighted by Gasteiger charge is 2.39. The van der Waals surface area contributed by atoms with Crippen molar-refractivity contribution in [1.82, 2.24) is 15.2 Å². The summed E-state index contributed by atoms with van der Waals surface area (Å²) in [7, 11) is 0. The van der Waals surface area contributed by atoms with E-state index in [-0.39, 0.29) is 6.54 Å². The molecule has 5 rings (SSSR count). The molecule has 7 heteroatoms. The summed E-state index contributed by atoms with van der Waals surface area (Å²) in [5.74, 6) is -0.835. The van der Waals surface area contributed by atoms with Crippen molar-refractivity contribution in [2.24, 2.45) is 0 Å². The normalized spacial score (nSPS) is 15.6. The van der Waals surface area contributed by atoms with Crippen LogP contribution in [0.2, 0.25) is 0 Å². The highest BCUT2D eigenvalue weighted by Crippen LogP contribution is 2.22. The Hall–Kier alpha value is -4.39. The second-order valence-electron chi connectivity index (χ2n) is 7.98. The quantitative estimate of drug-likeness (QED) is 0.398. The number of nitrogens with one attached hydrogen (secondary N) is 3. The van der Waals surface area contributed by atoms with Crippen molar-refractivity contribution >= 4 is 34.4 Å². The van der Waals surface area contributed by atoms with Crippen LogP contribution in [0.3, 0.4) is 0 Å². The maximum Gasteiger partial charge on any atom is 0.325 e. The lowest BCUT2D eigenvalue weighted by Gasteiger charge is -2.13. The van der Waals surface area contributed by atoms with Gasteiger partial charge in [0.15, 0.2) is 0 Å². The van der Waals surface area contributed by atoms with Crippen molar-refractivity contribution < 1.29 is 14.4 Å². The number of H-pyrrole nitrogens is 1. The SMILES string of the molecule is O=C(CN1C(=O)N[C@H](Cc2c[nH]c3ccccc23)C1=O)Nc1ccc(-c2ccccc2)cc1. The maximum atomic E-state index is 12.8. The largest absolute Gasteiger partial charge is 0.361 e. The molecule has 3 aromatic carbocycles. The number of aromatic amines is 1. The van der Waals surface area contributed by atoms with Crippen LogP contribution in [-0.4, -0.2) is 40.3 Å². The number of hydrogen-bond acceptors (Lipinski definition) is 3. The van der Waals surface area contributed by atoms with Gasteiger partial charge < -0.3 is 15.6 Å². The van der Waals surface area contributed by atoms with Gasteiger partial charge in [0.2, 0.25) is 5.91 Å². The minimum Gasteiger partial charge on any atom is -0.361 e. The summed E-state index contributed by atoms with van der Waals surface area (Å²) in [5, 5.41) is 6.46.